The normalized spacial score (nSPS) is 16.5. The maximum absolute atomic E-state index is 12.0. The minimum Gasteiger partial charge on any atom is -0.325 e. The van der Waals surface area contributed by atoms with Gasteiger partial charge in [-0.3, -0.25) is 4.79 Å². The smallest absolute Gasteiger partial charge is 0.227 e. The number of nitriles is 1. The van der Waals surface area contributed by atoms with Crippen molar-refractivity contribution in [3.63, 3.8) is 0 Å². The fourth-order valence-electron chi connectivity index (χ4n) is 1.84. The largest absolute Gasteiger partial charge is 0.325 e. The van der Waals surface area contributed by atoms with Crippen LogP contribution in [0, 0.1) is 23.2 Å². The molecule has 1 aromatic carbocycles. The molecule has 0 aromatic heterocycles. The molecule has 94 valence electrons. The highest BCUT2D eigenvalue weighted by Gasteiger charge is 2.28. The van der Waals surface area contributed by atoms with Crippen molar-refractivity contribution in [2.45, 2.75) is 6.92 Å². The van der Waals surface area contributed by atoms with Gasteiger partial charge in [0.05, 0.1) is 11.3 Å². The summed E-state index contributed by atoms with van der Waals surface area (Å²) >= 11 is 3.30. The van der Waals surface area contributed by atoms with Crippen LogP contribution in [0.1, 0.15) is 12.5 Å². The Kier molecular flexibility index (Phi) is 4.00. The molecule has 1 amide bonds. The summed E-state index contributed by atoms with van der Waals surface area (Å²) in [5.41, 5.74) is 1.04. The zero-order chi connectivity index (χ0) is 13.1. The Bertz CT molecular complexity index is 505. The monoisotopic (exact) mass is 307 g/mol. The number of anilines is 1. The van der Waals surface area contributed by atoms with Crippen LogP contribution in [0.2, 0.25) is 0 Å². The van der Waals surface area contributed by atoms with Gasteiger partial charge in [0.15, 0.2) is 0 Å². The van der Waals surface area contributed by atoms with Gasteiger partial charge in [-0.05, 0) is 37.2 Å². The zero-order valence-corrected chi connectivity index (χ0v) is 11.6. The van der Waals surface area contributed by atoms with Gasteiger partial charge in [-0.25, -0.2) is 0 Å². The Hall–Kier alpha value is -1.38. The van der Waals surface area contributed by atoms with Crippen LogP contribution in [-0.4, -0.2) is 19.0 Å². The average Bonchev–Trinajstić information content (AvgIpc) is 2.29. The third-order valence-corrected chi connectivity index (χ3v) is 3.79. The van der Waals surface area contributed by atoms with E-state index >= 15 is 0 Å². The van der Waals surface area contributed by atoms with E-state index in [-0.39, 0.29) is 11.8 Å². The highest BCUT2D eigenvalue weighted by atomic mass is 79.9. The zero-order valence-electron chi connectivity index (χ0n) is 10.0. The molecule has 1 aliphatic rings. The predicted molar refractivity (Wildman–Crippen MR) is 73.0 cm³/mol. The second-order valence-corrected chi connectivity index (χ2v) is 5.41. The van der Waals surface area contributed by atoms with Gasteiger partial charge in [-0.1, -0.05) is 22.9 Å². The first-order chi connectivity index (χ1) is 8.61. The Morgan fingerprint density at radius 1 is 1.61 bits per heavy atom. The summed E-state index contributed by atoms with van der Waals surface area (Å²) < 4.78 is 0.827. The first kappa shape index (κ1) is 13.1. The van der Waals surface area contributed by atoms with E-state index in [4.69, 9.17) is 5.26 Å². The first-order valence-corrected chi connectivity index (χ1v) is 6.62. The van der Waals surface area contributed by atoms with Crippen LogP contribution in [0.15, 0.2) is 22.7 Å². The highest BCUT2D eigenvalue weighted by molar-refractivity contribution is 9.10. The molecule has 0 saturated carbocycles. The van der Waals surface area contributed by atoms with E-state index in [1.54, 1.807) is 12.1 Å². The van der Waals surface area contributed by atoms with Crippen LogP contribution in [0.4, 0.5) is 5.69 Å². The molecule has 0 aliphatic carbocycles. The molecule has 2 N–H and O–H groups in total. The highest BCUT2D eigenvalue weighted by Crippen LogP contribution is 2.23. The molecule has 0 radical (unpaired) electrons. The van der Waals surface area contributed by atoms with Crippen molar-refractivity contribution in [2.75, 3.05) is 18.4 Å². The fraction of sp³-hybridized carbons (Fsp3) is 0.385. The molecule has 5 heteroatoms. The lowest BCUT2D eigenvalue weighted by atomic mass is 9.88. The molecular weight excluding hydrogens is 294 g/mol. The number of hydrogen-bond acceptors (Lipinski definition) is 3. The number of rotatable bonds is 3. The van der Waals surface area contributed by atoms with E-state index in [1.807, 2.05) is 13.0 Å². The van der Waals surface area contributed by atoms with Gasteiger partial charge >= 0.3 is 0 Å². The van der Waals surface area contributed by atoms with Crippen LogP contribution in [-0.2, 0) is 4.79 Å². The molecule has 1 unspecified atom stereocenters. The number of nitrogens with one attached hydrogen (secondary N) is 2. The summed E-state index contributed by atoms with van der Waals surface area (Å²) in [5, 5.41) is 15.0. The fourth-order valence-corrected chi connectivity index (χ4v) is 2.20. The Labute approximate surface area is 115 Å². The molecule has 1 atom stereocenters. The summed E-state index contributed by atoms with van der Waals surface area (Å²) in [7, 11) is 0. The lowest BCUT2D eigenvalue weighted by molar-refractivity contribution is -0.121. The first-order valence-electron chi connectivity index (χ1n) is 5.83. The van der Waals surface area contributed by atoms with E-state index in [2.05, 4.69) is 32.6 Å². The van der Waals surface area contributed by atoms with Crippen molar-refractivity contribution in [1.82, 2.24) is 5.32 Å². The topological polar surface area (TPSA) is 64.9 Å². The van der Waals surface area contributed by atoms with Crippen LogP contribution >= 0.6 is 15.9 Å². The number of benzene rings is 1. The Morgan fingerprint density at radius 3 is 2.89 bits per heavy atom. The summed E-state index contributed by atoms with van der Waals surface area (Å²) in [6.45, 7) is 3.70. The third-order valence-electron chi connectivity index (χ3n) is 3.29. The van der Waals surface area contributed by atoms with E-state index < -0.39 is 0 Å². The number of nitrogens with zero attached hydrogens (tertiary/aromatic N) is 1. The van der Waals surface area contributed by atoms with Gasteiger partial charge in [0.2, 0.25) is 5.91 Å². The van der Waals surface area contributed by atoms with Crippen LogP contribution in [0.5, 0.6) is 0 Å². The minimum absolute atomic E-state index is 0.0275. The van der Waals surface area contributed by atoms with E-state index in [0.717, 1.165) is 17.6 Å². The molecule has 0 bridgehead atoms. The maximum atomic E-state index is 12.0. The maximum Gasteiger partial charge on any atom is 0.227 e. The van der Waals surface area contributed by atoms with Crippen molar-refractivity contribution in [3.05, 3.63) is 28.2 Å². The molecular formula is C13H14BrN3O. The van der Waals surface area contributed by atoms with E-state index in [0.29, 0.717) is 17.2 Å². The molecule has 1 fully saturated rings. The van der Waals surface area contributed by atoms with Crippen LogP contribution in [0.25, 0.3) is 0 Å². The van der Waals surface area contributed by atoms with Crippen molar-refractivity contribution in [2.24, 2.45) is 11.8 Å². The SMILES string of the molecule is CC(C(=O)Nc1ccc(Br)cc1C#N)C1CNC1. The second-order valence-electron chi connectivity index (χ2n) is 4.50. The molecule has 18 heavy (non-hydrogen) atoms. The second kappa shape index (κ2) is 5.51. The van der Waals surface area contributed by atoms with Crippen molar-refractivity contribution >= 4 is 27.5 Å². The molecule has 1 aromatic rings. The Balaban J connectivity index is 2.09. The lowest BCUT2D eigenvalue weighted by Gasteiger charge is -2.31. The van der Waals surface area contributed by atoms with Gasteiger partial charge in [0.1, 0.15) is 6.07 Å². The van der Waals surface area contributed by atoms with E-state index in [1.165, 1.54) is 0 Å². The quantitative estimate of drug-likeness (QED) is 0.899. The lowest BCUT2D eigenvalue weighted by Crippen LogP contribution is -2.48. The number of hydrogen-bond donors (Lipinski definition) is 2. The summed E-state index contributed by atoms with van der Waals surface area (Å²) in [6, 6.07) is 7.33. The molecule has 1 saturated heterocycles. The summed E-state index contributed by atoms with van der Waals surface area (Å²) in [5.74, 6) is 0.327. The number of amides is 1. The minimum atomic E-state index is -0.0403. The summed E-state index contributed by atoms with van der Waals surface area (Å²) in [6.07, 6.45) is 0. The number of halogens is 1. The van der Waals surface area contributed by atoms with Crippen molar-refractivity contribution in [3.8, 4) is 6.07 Å². The standard InChI is InChI=1S/C13H14BrN3O/c1-8(10-6-16-7-10)13(18)17-12-3-2-11(14)4-9(12)5-15/h2-4,8,10,16H,6-7H2,1H3,(H,17,18). The molecule has 1 aliphatic heterocycles. The Morgan fingerprint density at radius 2 is 2.33 bits per heavy atom. The predicted octanol–water partition coefficient (Wildman–Crippen LogP) is 2.11. The molecule has 2 rings (SSSR count). The number of carbonyl (C=O) groups excluding carboxylic acids is 1. The third kappa shape index (κ3) is 2.71. The van der Waals surface area contributed by atoms with E-state index in [9.17, 15) is 4.79 Å². The molecule has 1 heterocycles. The summed E-state index contributed by atoms with van der Waals surface area (Å²) in [4.78, 5) is 12.0. The van der Waals surface area contributed by atoms with Gasteiger partial charge < -0.3 is 10.6 Å². The average molecular weight is 308 g/mol. The molecule has 4 nitrogen and oxygen atoms in total. The van der Waals surface area contributed by atoms with Gasteiger partial charge in [0, 0.05) is 10.4 Å². The number of carbonyl (C=O) groups is 1. The molecule has 0 spiro atoms. The van der Waals surface area contributed by atoms with Crippen molar-refractivity contribution in [1.29, 1.82) is 5.26 Å². The van der Waals surface area contributed by atoms with Crippen LogP contribution < -0.4 is 10.6 Å². The van der Waals surface area contributed by atoms with Gasteiger partial charge in [-0.15, -0.1) is 0 Å². The van der Waals surface area contributed by atoms with Crippen molar-refractivity contribution < 1.29 is 4.79 Å². The van der Waals surface area contributed by atoms with Gasteiger partial charge in [-0.2, -0.15) is 5.26 Å². The van der Waals surface area contributed by atoms with Gasteiger partial charge in [0.25, 0.3) is 0 Å². The van der Waals surface area contributed by atoms with Crippen LogP contribution in [0.3, 0.4) is 0 Å².